The van der Waals surface area contributed by atoms with Crippen molar-refractivity contribution in [3.05, 3.63) is 23.8 Å². The number of hydrogen-bond donors (Lipinski definition) is 0. The number of carbonyl (C=O) groups excluding carboxylic acids is 1. The lowest BCUT2D eigenvalue weighted by molar-refractivity contribution is 0.0547. The first-order valence-corrected chi connectivity index (χ1v) is 8.03. The van der Waals surface area contributed by atoms with Gasteiger partial charge in [0.25, 0.3) is 5.91 Å². The topological polar surface area (TPSA) is 38.8 Å². The van der Waals surface area contributed by atoms with Crippen LogP contribution in [0, 0.1) is 5.92 Å². The second-order valence-corrected chi connectivity index (χ2v) is 6.26. The number of likely N-dealkylation sites (tertiary alicyclic amines) is 1. The van der Waals surface area contributed by atoms with Gasteiger partial charge in [0, 0.05) is 18.2 Å². The summed E-state index contributed by atoms with van der Waals surface area (Å²) in [6.07, 6.45) is 6.14. The van der Waals surface area contributed by atoms with E-state index in [9.17, 15) is 4.79 Å². The molecule has 1 saturated carbocycles. The summed E-state index contributed by atoms with van der Waals surface area (Å²) in [4.78, 5) is 15.0. The summed E-state index contributed by atoms with van der Waals surface area (Å²) < 4.78 is 11.1. The fourth-order valence-electron chi connectivity index (χ4n) is 4.05. The van der Waals surface area contributed by atoms with Gasteiger partial charge in [0.1, 0.15) is 13.2 Å². The molecule has 4 nitrogen and oxygen atoms in total. The lowest BCUT2D eigenvalue weighted by Gasteiger charge is -2.38. The molecule has 2 aliphatic heterocycles. The third-order valence-corrected chi connectivity index (χ3v) is 5.04. The number of ether oxygens (including phenoxy) is 2. The van der Waals surface area contributed by atoms with Crippen molar-refractivity contribution in [3.8, 4) is 11.5 Å². The highest BCUT2D eigenvalue weighted by Crippen LogP contribution is 2.38. The predicted molar refractivity (Wildman–Crippen MR) is 78.8 cm³/mol. The first kappa shape index (κ1) is 13.0. The van der Waals surface area contributed by atoms with Crippen LogP contribution < -0.4 is 9.47 Å². The lowest BCUT2D eigenvalue weighted by atomic mass is 9.91. The van der Waals surface area contributed by atoms with Gasteiger partial charge in [-0.15, -0.1) is 0 Å². The van der Waals surface area contributed by atoms with Crippen LogP contribution in [-0.4, -0.2) is 36.6 Å². The zero-order chi connectivity index (χ0) is 14.2. The normalized spacial score (nSPS) is 27.3. The summed E-state index contributed by atoms with van der Waals surface area (Å²) >= 11 is 0. The summed E-state index contributed by atoms with van der Waals surface area (Å²) in [5, 5.41) is 0. The number of piperidine rings is 1. The summed E-state index contributed by atoms with van der Waals surface area (Å²) in [5.41, 5.74) is 0.729. The van der Waals surface area contributed by atoms with Gasteiger partial charge in [0.15, 0.2) is 11.5 Å². The van der Waals surface area contributed by atoms with Crippen molar-refractivity contribution in [2.75, 3.05) is 19.8 Å². The van der Waals surface area contributed by atoms with E-state index in [0.29, 0.717) is 25.0 Å². The minimum Gasteiger partial charge on any atom is -0.486 e. The maximum atomic E-state index is 12.9. The Morgan fingerprint density at radius 1 is 1.05 bits per heavy atom. The minimum atomic E-state index is 0.156. The van der Waals surface area contributed by atoms with Gasteiger partial charge in [0.05, 0.1) is 0 Å². The van der Waals surface area contributed by atoms with E-state index in [-0.39, 0.29) is 5.91 Å². The van der Waals surface area contributed by atoms with Crippen LogP contribution in [0.2, 0.25) is 0 Å². The van der Waals surface area contributed by atoms with Gasteiger partial charge < -0.3 is 14.4 Å². The monoisotopic (exact) mass is 287 g/mol. The van der Waals surface area contributed by atoms with Crippen molar-refractivity contribution >= 4 is 5.91 Å². The van der Waals surface area contributed by atoms with Crippen LogP contribution in [0.25, 0.3) is 0 Å². The van der Waals surface area contributed by atoms with E-state index in [4.69, 9.17) is 9.47 Å². The maximum absolute atomic E-state index is 12.9. The van der Waals surface area contributed by atoms with Gasteiger partial charge in [-0.3, -0.25) is 4.79 Å². The zero-order valence-electron chi connectivity index (χ0n) is 12.2. The standard InChI is InChI=1S/C17H21NO3/c19-17(18-8-2-4-12-3-1-5-14(12)18)13-6-7-15-16(11-13)21-10-9-20-15/h6-7,11-12,14H,1-5,8-10H2/t12-,14-/m1/s1. The van der Waals surface area contributed by atoms with Crippen LogP contribution in [0.4, 0.5) is 0 Å². The van der Waals surface area contributed by atoms with E-state index in [1.165, 1.54) is 25.7 Å². The Morgan fingerprint density at radius 2 is 1.86 bits per heavy atom. The van der Waals surface area contributed by atoms with Gasteiger partial charge in [0.2, 0.25) is 0 Å². The summed E-state index contributed by atoms with van der Waals surface area (Å²) in [7, 11) is 0. The number of nitrogens with zero attached hydrogens (tertiary/aromatic N) is 1. The predicted octanol–water partition coefficient (Wildman–Crippen LogP) is 2.86. The average molecular weight is 287 g/mol. The number of amides is 1. The highest BCUT2D eigenvalue weighted by Gasteiger charge is 2.37. The zero-order valence-corrected chi connectivity index (χ0v) is 12.2. The molecule has 0 bridgehead atoms. The van der Waals surface area contributed by atoms with Crippen LogP contribution in [0.3, 0.4) is 0 Å². The molecule has 4 heteroatoms. The molecule has 4 rings (SSSR count). The molecule has 0 aromatic heterocycles. The summed E-state index contributed by atoms with van der Waals surface area (Å²) in [6, 6.07) is 6.03. The Labute approximate surface area is 125 Å². The third kappa shape index (κ3) is 2.27. The molecule has 112 valence electrons. The molecular weight excluding hydrogens is 266 g/mol. The first-order valence-electron chi connectivity index (χ1n) is 8.03. The molecule has 0 spiro atoms. The van der Waals surface area contributed by atoms with Crippen molar-refractivity contribution in [1.82, 2.24) is 4.90 Å². The molecule has 2 atom stereocenters. The van der Waals surface area contributed by atoms with Crippen LogP contribution >= 0.6 is 0 Å². The largest absolute Gasteiger partial charge is 0.486 e. The molecule has 1 saturated heterocycles. The quantitative estimate of drug-likeness (QED) is 0.797. The third-order valence-electron chi connectivity index (χ3n) is 5.04. The fourth-order valence-corrected chi connectivity index (χ4v) is 4.05. The molecule has 1 aromatic carbocycles. The van der Waals surface area contributed by atoms with Crippen LogP contribution in [0.15, 0.2) is 18.2 Å². The van der Waals surface area contributed by atoms with Gasteiger partial charge in [-0.1, -0.05) is 6.42 Å². The minimum absolute atomic E-state index is 0.156. The first-order chi connectivity index (χ1) is 10.3. The van der Waals surface area contributed by atoms with Gasteiger partial charge in [-0.25, -0.2) is 0 Å². The second kappa shape index (κ2) is 5.24. The van der Waals surface area contributed by atoms with Crippen LogP contribution in [0.5, 0.6) is 11.5 Å². The number of fused-ring (bicyclic) bond motifs is 2. The Balaban J connectivity index is 1.59. The van der Waals surface area contributed by atoms with Gasteiger partial charge in [-0.05, 0) is 49.8 Å². The molecule has 2 heterocycles. The van der Waals surface area contributed by atoms with E-state index >= 15 is 0 Å². The Kier molecular flexibility index (Phi) is 3.24. The summed E-state index contributed by atoms with van der Waals surface area (Å²) in [6.45, 7) is 2.03. The average Bonchev–Trinajstić information content (AvgIpc) is 3.02. The number of rotatable bonds is 1. The van der Waals surface area contributed by atoms with Crippen molar-refractivity contribution in [2.45, 2.75) is 38.1 Å². The fraction of sp³-hybridized carbons (Fsp3) is 0.588. The number of benzene rings is 1. The van der Waals surface area contributed by atoms with Crippen molar-refractivity contribution in [2.24, 2.45) is 5.92 Å². The molecule has 1 amide bonds. The van der Waals surface area contributed by atoms with E-state index < -0.39 is 0 Å². The van der Waals surface area contributed by atoms with E-state index in [1.54, 1.807) is 0 Å². The molecule has 1 aromatic rings. The van der Waals surface area contributed by atoms with Crippen molar-refractivity contribution < 1.29 is 14.3 Å². The highest BCUT2D eigenvalue weighted by atomic mass is 16.6. The number of carbonyl (C=O) groups is 1. The second-order valence-electron chi connectivity index (χ2n) is 6.26. The van der Waals surface area contributed by atoms with Crippen molar-refractivity contribution in [3.63, 3.8) is 0 Å². The number of hydrogen-bond acceptors (Lipinski definition) is 3. The van der Waals surface area contributed by atoms with E-state index in [1.807, 2.05) is 18.2 Å². The Hall–Kier alpha value is -1.71. The van der Waals surface area contributed by atoms with E-state index in [0.717, 1.165) is 30.2 Å². The Morgan fingerprint density at radius 3 is 2.76 bits per heavy atom. The smallest absolute Gasteiger partial charge is 0.254 e. The molecule has 0 unspecified atom stereocenters. The molecule has 2 fully saturated rings. The van der Waals surface area contributed by atoms with Crippen LogP contribution in [-0.2, 0) is 0 Å². The van der Waals surface area contributed by atoms with Crippen LogP contribution in [0.1, 0.15) is 42.5 Å². The van der Waals surface area contributed by atoms with Crippen molar-refractivity contribution in [1.29, 1.82) is 0 Å². The van der Waals surface area contributed by atoms with Gasteiger partial charge >= 0.3 is 0 Å². The SMILES string of the molecule is O=C(c1ccc2c(c1)OCCO2)N1CCC[C@H]2CCC[C@H]21. The summed E-state index contributed by atoms with van der Waals surface area (Å²) in [5.74, 6) is 2.32. The van der Waals surface area contributed by atoms with E-state index in [2.05, 4.69) is 4.90 Å². The molecule has 0 radical (unpaired) electrons. The highest BCUT2D eigenvalue weighted by molar-refractivity contribution is 5.95. The molecule has 3 aliphatic rings. The molecule has 21 heavy (non-hydrogen) atoms. The molecular formula is C17H21NO3. The Bertz CT molecular complexity index is 557. The maximum Gasteiger partial charge on any atom is 0.254 e. The molecule has 1 aliphatic carbocycles. The lowest BCUT2D eigenvalue weighted by Crippen LogP contribution is -2.46. The molecule has 0 N–H and O–H groups in total. The van der Waals surface area contributed by atoms with Gasteiger partial charge in [-0.2, -0.15) is 0 Å².